The molecule has 0 fully saturated rings. The first-order valence-corrected chi connectivity index (χ1v) is 4.08. The lowest BCUT2D eigenvalue weighted by Crippen LogP contribution is -2.05. The van der Waals surface area contributed by atoms with E-state index in [1.165, 1.54) is 17.3 Å². The summed E-state index contributed by atoms with van der Waals surface area (Å²) in [7, 11) is 1.76. The fourth-order valence-electron chi connectivity index (χ4n) is 1.39. The van der Waals surface area contributed by atoms with E-state index in [9.17, 15) is 4.79 Å². The van der Waals surface area contributed by atoms with Crippen molar-refractivity contribution in [3.63, 3.8) is 0 Å². The second kappa shape index (κ2) is 3.06. The summed E-state index contributed by atoms with van der Waals surface area (Å²) in [5.41, 5.74) is 1.23. The quantitative estimate of drug-likeness (QED) is 0.632. The van der Waals surface area contributed by atoms with Crippen LogP contribution in [0.1, 0.15) is 16.1 Å². The minimum atomic E-state index is 0.540. The maximum Gasteiger partial charge on any atom is 0.164 e. The summed E-state index contributed by atoms with van der Waals surface area (Å²) >= 11 is 0. The standard InChI is InChI=1S/C8H9N5O/c1-6-7(3-14)8(12(2)11-6)13-5-9-4-10-13/h3-5H,1-2H3. The van der Waals surface area contributed by atoms with E-state index in [0.717, 1.165) is 6.29 Å². The lowest BCUT2D eigenvalue weighted by molar-refractivity contribution is 0.112. The van der Waals surface area contributed by atoms with E-state index in [1.807, 2.05) is 0 Å². The number of rotatable bonds is 2. The zero-order valence-electron chi connectivity index (χ0n) is 7.88. The highest BCUT2D eigenvalue weighted by atomic mass is 16.1. The largest absolute Gasteiger partial charge is 0.298 e. The van der Waals surface area contributed by atoms with Crippen molar-refractivity contribution in [2.24, 2.45) is 7.05 Å². The first kappa shape index (κ1) is 8.61. The van der Waals surface area contributed by atoms with Crippen molar-refractivity contribution < 1.29 is 4.79 Å². The van der Waals surface area contributed by atoms with E-state index < -0.39 is 0 Å². The van der Waals surface area contributed by atoms with E-state index in [4.69, 9.17) is 0 Å². The third kappa shape index (κ3) is 1.12. The van der Waals surface area contributed by atoms with Gasteiger partial charge in [-0.15, -0.1) is 0 Å². The topological polar surface area (TPSA) is 65.6 Å². The Kier molecular flexibility index (Phi) is 1.88. The minimum Gasteiger partial charge on any atom is -0.298 e. The molecule has 0 bridgehead atoms. The first-order chi connectivity index (χ1) is 6.74. The first-order valence-electron chi connectivity index (χ1n) is 4.08. The van der Waals surface area contributed by atoms with E-state index in [-0.39, 0.29) is 0 Å². The lowest BCUT2D eigenvalue weighted by Gasteiger charge is -2.00. The summed E-state index contributed by atoms with van der Waals surface area (Å²) < 4.78 is 3.12. The molecule has 2 aromatic rings. The van der Waals surface area contributed by atoms with Crippen molar-refractivity contribution in [3.8, 4) is 5.82 Å². The Morgan fingerprint density at radius 3 is 2.86 bits per heavy atom. The van der Waals surface area contributed by atoms with E-state index in [1.54, 1.807) is 18.7 Å². The van der Waals surface area contributed by atoms with Gasteiger partial charge in [-0.1, -0.05) is 0 Å². The van der Waals surface area contributed by atoms with Crippen molar-refractivity contribution in [1.82, 2.24) is 24.5 Å². The van der Waals surface area contributed by atoms with Crippen molar-refractivity contribution in [3.05, 3.63) is 23.9 Å². The summed E-state index contributed by atoms with van der Waals surface area (Å²) in [5.74, 6) is 0.634. The third-order valence-electron chi connectivity index (χ3n) is 1.99. The van der Waals surface area contributed by atoms with Crippen LogP contribution in [0.5, 0.6) is 0 Å². The average Bonchev–Trinajstić information content (AvgIpc) is 2.72. The van der Waals surface area contributed by atoms with E-state index in [2.05, 4.69) is 15.2 Å². The predicted molar refractivity (Wildman–Crippen MR) is 48.2 cm³/mol. The summed E-state index contributed by atoms with van der Waals surface area (Å²) in [5, 5.41) is 8.09. The van der Waals surface area contributed by atoms with Crippen molar-refractivity contribution >= 4 is 6.29 Å². The van der Waals surface area contributed by atoms with Crippen LogP contribution in [0.25, 0.3) is 5.82 Å². The molecule has 0 unspecified atom stereocenters. The van der Waals surface area contributed by atoms with Crippen LogP contribution in [-0.4, -0.2) is 30.8 Å². The Bertz CT molecular complexity index is 456. The van der Waals surface area contributed by atoms with E-state index >= 15 is 0 Å². The van der Waals surface area contributed by atoms with Gasteiger partial charge in [-0.3, -0.25) is 4.79 Å². The van der Waals surface area contributed by atoms with Gasteiger partial charge in [0.25, 0.3) is 0 Å². The molecule has 6 nitrogen and oxygen atoms in total. The Morgan fingerprint density at radius 2 is 2.29 bits per heavy atom. The molecule has 0 aliphatic heterocycles. The smallest absolute Gasteiger partial charge is 0.164 e. The Labute approximate surface area is 80.2 Å². The molecule has 0 atom stereocenters. The SMILES string of the molecule is Cc1nn(C)c(-n2cncn2)c1C=O. The number of carbonyl (C=O) groups is 1. The number of aldehydes is 1. The summed E-state index contributed by atoms with van der Waals surface area (Å²) in [6, 6.07) is 0. The molecule has 6 heteroatoms. The maximum absolute atomic E-state index is 10.8. The molecule has 0 aromatic carbocycles. The highest BCUT2D eigenvalue weighted by Gasteiger charge is 2.14. The maximum atomic E-state index is 10.8. The molecular weight excluding hydrogens is 182 g/mol. The fraction of sp³-hybridized carbons (Fsp3) is 0.250. The fourth-order valence-corrected chi connectivity index (χ4v) is 1.39. The summed E-state index contributed by atoms with van der Waals surface area (Å²) in [4.78, 5) is 14.7. The second-order valence-corrected chi connectivity index (χ2v) is 2.90. The molecule has 0 saturated heterocycles. The molecular formula is C8H9N5O. The minimum absolute atomic E-state index is 0.540. The molecule has 0 saturated carbocycles. The van der Waals surface area contributed by atoms with Gasteiger partial charge in [-0.25, -0.2) is 14.3 Å². The van der Waals surface area contributed by atoms with Crippen molar-refractivity contribution in [2.45, 2.75) is 6.92 Å². The van der Waals surface area contributed by atoms with Crippen LogP contribution in [0.3, 0.4) is 0 Å². The van der Waals surface area contributed by atoms with Gasteiger partial charge >= 0.3 is 0 Å². The van der Waals surface area contributed by atoms with Crippen LogP contribution in [0.2, 0.25) is 0 Å². The van der Waals surface area contributed by atoms with Crippen LogP contribution < -0.4 is 0 Å². The molecule has 2 rings (SSSR count). The Morgan fingerprint density at radius 1 is 1.50 bits per heavy atom. The number of aromatic nitrogens is 5. The van der Waals surface area contributed by atoms with Gasteiger partial charge in [-0.2, -0.15) is 10.2 Å². The van der Waals surface area contributed by atoms with Crippen LogP contribution in [0.4, 0.5) is 0 Å². The normalized spacial score (nSPS) is 10.4. The molecule has 0 aliphatic carbocycles. The Hall–Kier alpha value is -1.98. The van der Waals surface area contributed by atoms with Crippen LogP contribution >= 0.6 is 0 Å². The van der Waals surface area contributed by atoms with Gasteiger partial charge in [-0.05, 0) is 6.92 Å². The van der Waals surface area contributed by atoms with Crippen molar-refractivity contribution in [1.29, 1.82) is 0 Å². The molecule has 0 amide bonds. The van der Waals surface area contributed by atoms with Gasteiger partial charge in [0.2, 0.25) is 0 Å². The molecule has 72 valence electrons. The highest BCUT2D eigenvalue weighted by molar-refractivity contribution is 5.81. The van der Waals surface area contributed by atoms with Crippen LogP contribution in [0.15, 0.2) is 12.7 Å². The highest BCUT2D eigenvalue weighted by Crippen LogP contribution is 2.13. The number of nitrogens with zero attached hydrogens (tertiary/aromatic N) is 5. The molecule has 0 aliphatic rings. The molecule has 2 aromatic heterocycles. The molecule has 0 N–H and O–H groups in total. The Balaban J connectivity index is 2.68. The molecule has 14 heavy (non-hydrogen) atoms. The van der Waals surface area contributed by atoms with Gasteiger partial charge in [0.1, 0.15) is 12.7 Å². The van der Waals surface area contributed by atoms with Gasteiger partial charge < -0.3 is 0 Å². The summed E-state index contributed by atoms with van der Waals surface area (Å²) in [6.45, 7) is 1.78. The van der Waals surface area contributed by atoms with E-state index in [0.29, 0.717) is 17.1 Å². The van der Waals surface area contributed by atoms with Gasteiger partial charge in [0.05, 0.1) is 11.3 Å². The van der Waals surface area contributed by atoms with Gasteiger partial charge in [0, 0.05) is 7.05 Å². The number of hydrogen-bond acceptors (Lipinski definition) is 4. The van der Waals surface area contributed by atoms with Crippen LogP contribution in [0, 0.1) is 6.92 Å². The zero-order chi connectivity index (χ0) is 10.1. The van der Waals surface area contributed by atoms with Crippen molar-refractivity contribution in [2.75, 3.05) is 0 Å². The second-order valence-electron chi connectivity index (χ2n) is 2.90. The molecule has 2 heterocycles. The summed E-state index contributed by atoms with van der Waals surface area (Å²) in [6.07, 6.45) is 3.72. The predicted octanol–water partition coefficient (Wildman–Crippen LogP) is 0.122. The molecule has 0 spiro atoms. The average molecular weight is 191 g/mol. The number of carbonyl (C=O) groups excluding carboxylic acids is 1. The zero-order valence-corrected chi connectivity index (χ0v) is 7.88. The third-order valence-corrected chi connectivity index (χ3v) is 1.99. The monoisotopic (exact) mass is 191 g/mol. The van der Waals surface area contributed by atoms with Gasteiger partial charge in [0.15, 0.2) is 12.1 Å². The number of aryl methyl sites for hydroxylation is 2. The van der Waals surface area contributed by atoms with Crippen LogP contribution in [-0.2, 0) is 7.05 Å². The molecule has 0 radical (unpaired) electrons. The number of hydrogen-bond donors (Lipinski definition) is 0. The lowest BCUT2D eigenvalue weighted by atomic mass is 10.3.